The molecule has 1 aromatic rings. The van der Waals surface area contributed by atoms with E-state index in [0.29, 0.717) is 0 Å². The summed E-state index contributed by atoms with van der Waals surface area (Å²) in [6, 6.07) is 2.97. The number of nitrogens with one attached hydrogen (secondary N) is 1. The van der Waals surface area contributed by atoms with Gasteiger partial charge in [-0.25, -0.2) is 13.2 Å². The average molecular weight is 302 g/mol. The summed E-state index contributed by atoms with van der Waals surface area (Å²) in [5, 5.41) is 13.7. The Morgan fingerprint density at radius 1 is 1.45 bits per heavy atom. The highest BCUT2D eigenvalue weighted by molar-refractivity contribution is 7.90. The molecule has 9 heteroatoms. The normalized spacial score (nSPS) is 12.6. The first kappa shape index (κ1) is 15.9. The lowest BCUT2D eigenvalue weighted by Crippen LogP contribution is -2.27. The summed E-state index contributed by atoms with van der Waals surface area (Å²) in [5.74, 6) is -0.621. The first-order valence-electron chi connectivity index (χ1n) is 5.50. The summed E-state index contributed by atoms with van der Waals surface area (Å²) in [4.78, 5) is 21.2. The van der Waals surface area contributed by atoms with Gasteiger partial charge in [0.15, 0.2) is 9.84 Å². The molecule has 8 nitrogen and oxygen atoms in total. The monoisotopic (exact) mass is 302 g/mol. The number of benzene rings is 1. The third kappa shape index (κ3) is 3.44. The number of carbonyl (C=O) groups is 1. The van der Waals surface area contributed by atoms with Gasteiger partial charge in [-0.05, 0) is 19.1 Å². The number of nitro groups is 1. The predicted octanol–water partition coefficient (Wildman–Crippen LogP) is 0.972. The minimum Gasteiger partial charge on any atom is -0.467 e. The minimum atomic E-state index is -3.76. The van der Waals surface area contributed by atoms with E-state index >= 15 is 0 Å². The van der Waals surface area contributed by atoms with Gasteiger partial charge in [-0.3, -0.25) is 10.1 Å². The van der Waals surface area contributed by atoms with Crippen molar-refractivity contribution in [1.82, 2.24) is 0 Å². The number of esters is 1. The fourth-order valence-corrected chi connectivity index (χ4v) is 2.46. The second kappa shape index (κ2) is 5.87. The van der Waals surface area contributed by atoms with Crippen molar-refractivity contribution in [3.63, 3.8) is 0 Å². The van der Waals surface area contributed by atoms with Crippen molar-refractivity contribution in [3.8, 4) is 0 Å². The summed E-state index contributed by atoms with van der Waals surface area (Å²) in [6.07, 6.45) is 0.878. The number of carbonyl (C=O) groups excluding carboxylic acids is 1. The Kier molecular flexibility index (Phi) is 4.66. The number of nitrogens with zero attached hydrogens (tertiary/aromatic N) is 1. The van der Waals surface area contributed by atoms with E-state index in [1.165, 1.54) is 26.2 Å². The van der Waals surface area contributed by atoms with Gasteiger partial charge in [-0.2, -0.15) is 0 Å². The number of ether oxygens (including phenoxy) is 1. The molecule has 0 bridgehead atoms. The Bertz CT molecular complexity index is 640. The standard InChI is InChI=1S/C11H14N2O6S/c1-7(11(14)19-2)12-8-5-4-6-9(20(3,17)18)10(8)13(15)16/h4-7,12H,1-3H3. The molecule has 0 saturated heterocycles. The molecule has 1 atom stereocenters. The van der Waals surface area contributed by atoms with Crippen molar-refractivity contribution in [1.29, 1.82) is 0 Å². The molecule has 0 saturated carbocycles. The molecule has 0 aliphatic rings. The van der Waals surface area contributed by atoms with Crippen LogP contribution in [0.2, 0.25) is 0 Å². The minimum absolute atomic E-state index is 0.0594. The molecule has 0 aliphatic carbocycles. The maximum Gasteiger partial charge on any atom is 0.327 e. The Morgan fingerprint density at radius 2 is 2.05 bits per heavy atom. The van der Waals surface area contributed by atoms with Gasteiger partial charge < -0.3 is 10.1 Å². The second-order valence-corrected chi connectivity index (χ2v) is 6.05. The van der Waals surface area contributed by atoms with Crippen LogP contribution in [0.25, 0.3) is 0 Å². The number of sulfone groups is 1. The first-order valence-corrected chi connectivity index (χ1v) is 7.39. The zero-order chi connectivity index (χ0) is 15.5. The van der Waals surface area contributed by atoms with Crippen LogP contribution >= 0.6 is 0 Å². The van der Waals surface area contributed by atoms with Crippen LogP contribution in [-0.2, 0) is 19.4 Å². The van der Waals surface area contributed by atoms with Crippen LogP contribution in [0.15, 0.2) is 23.1 Å². The molecular formula is C11H14N2O6S. The number of anilines is 1. The summed E-state index contributed by atoms with van der Waals surface area (Å²) in [5.41, 5.74) is -0.651. The molecule has 0 aromatic heterocycles. The van der Waals surface area contributed by atoms with Gasteiger partial charge in [0.05, 0.1) is 12.0 Å². The van der Waals surface area contributed by atoms with E-state index in [2.05, 4.69) is 10.1 Å². The Morgan fingerprint density at radius 3 is 2.50 bits per heavy atom. The largest absolute Gasteiger partial charge is 0.467 e. The van der Waals surface area contributed by atoms with E-state index in [4.69, 9.17) is 0 Å². The van der Waals surface area contributed by atoms with E-state index < -0.39 is 37.4 Å². The first-order chi connectivity index (χ1) is 9.18. The molecule has 0 amide bonds. The molecule has 0 spiro atoms. The molecule has 1 rings (SSSR count). The lowest BCUT2D eigenvalue weighted by Gasteiger charge is -2.14. The number of rotatable bonds is 5. The molecule has 0 radical (unpaired) electrons. The fraction of sp³-hybridized carbons (Fsp3) is 0.364. The van der Waals surface area contributed by atoms with Crippen LogP contribution in [-0.4, -0.2) is 38.7 Å². The second-order valence-electron chi connectivity index (χ2n) is 4.07. The lowest BCUT2D eigenvalue weighted by atomic mass is 10.2. The van der Waals surface area contributed by atoms with Gasteiger partial charge in [0.25, 0.3) is 0 Å². The van der Waals surface area contributed by atoms with Gasteiger partial charge in [0.1, 0.15) is 16.6 Å². The van der Waals surface area contributed by atoms with E-state index in [9.17, 15) is 23.3 Å². The van der Waals surface area contributed by atoms with Crippen LogP contribution < -0.4 is 5.32 Å². The number of hydrogen-bond donors (Lipinski definition) is 1. The van der Waals surface area contributed by atoms with Crippen molar-refractivity contribution in [2.75, 3.05) is 18.7 Å². The van der Waals surface area contributed by atoms with Crippen molar-refractivity contribution < 1.29 is 22.9 Å². The molecule has 1 N–H and O–H groups in total. The van der Waals surface area contributed by atoms with Crippen molar-refractivity contribution in [3.05, 3.63) is 28.3 Å². The molecule has 0 heterocycles. The summed E-state index contributed by atoms with van der Waals surface area (Å²) in [7, 11) is -2.58. The Balaban J connectivity index is 3.35. The highest BCUT2D eigenvalue weighted by Gasteiger charge is 2.27. The van der Waals surface area contributed by atoms with Crippen molar-refractivity contribution in [2.45, 2.75) is 17.9 Å². The molecule has 110 valence electrons. The third-order valence-corrected chi connectivity index (χ3v) is 3.64. The third-order valence-electron chi connectivity index (χ3n) is 2.51. The van der Waals surface area contributed by atoms with Crippen LogP contribution in [0, 0.1) is 10.1 Å². The number of nitro benzene ring substituents is 1. The van der Waals surface area contributed by atoms with Gasteiger partial charge in [0.2, 0.25) is 0 Å². The van der Waals surface area contributed by atoms with E-state index in [1.54, 1.807) is 0 Å². The van der Waals surface area contributed by atoms with Crippen molar-refractivity contribution in [2.24, 2.45) is 0 Å². The molecule has 0 aliphatic heterocycles. The fourth-order valence-electron chi connectivity index (χ4n) is 1.60. The molecular weight excluding hydrogens is 288 g/mol. The van der Waals surface area contributed by atoms with Crippen molar-refractivity contribution >= 4 is 27.2 Å². The number of hydrogen-bond acceptors (Lipinski definition) is 7. The number of para-hydroxylation sites is 1. The molecule has 1 unspecified atom stereocenters. The van der Waals surface area contributed by atoms with Gasteiger partial charge in [-0.1, -0.05) is 6.07 Å². The van der Waals surface area contributed by atoms with Crippen LogP contribution in [0.1, 0.15) is 6.92 Å². The van der Waals surface area contributed by atoms with Gasteiger partial charge in [-0.15, -0.1) is 0 Å². The quantitative estimate of drug-likeness (QED) is 0.489. The van der Waals surface area contributed by atoms with Crippen LogP contribution in [0.3, 0.4) is 0 Å². The zero-order valence-corrected chi connectivity index (χ0v) is 11.9. The van der Waals surface area contributed by atoms with E-state index in [-0.39, 0.29) is 5.69 Å². The summed E-state index contributed by atoms with van der Waals surface area (Å²) in [6.45, 7) is 1.45. The highest BCUT2D eigenvalue weighted by atomic mass is 32.2. The van der Waals surface area contributed by atoms with Gasteiger partial charge >= 0.3 is 11.7 Å². The number of methoxy groups -OCH3 is 1. The summed E-state index contributed by atoms with van der Waals surface area (Å²) < 4.78 is 27.6. The Labute approximate surface area is 115 Å². The van der Waals surface area contributed by atoms with Crippen LogP contribution in [0.5, 0.6) is 0 Å². The lowest BCUT2D eigenvalue weighted by molar-refractivity contribution is -0.386. The Hall–Kier alpha value is -2.16. The molecule has 1 aromatic carbocycles. The highest BCUT2D eigenvalue weighted by Crippen LogP contribution is 2.32. The van der Waals surface area contributed by atoms with E-state index in [0.717, 1.165) is 12.3 Å². The summed E-state index contributed by atoms with van der Waals surface area (Å²) >= 11 is 0. The average Bonchev–Trinajstić information content (AvgIpc) is 2.36. The van der Waals surface area contributed by atoms with Gasteiger partial charge in [0, 0.05) is 6.26 Å². The topological polar surface area (TPSA) is 116 Å². The van der Waals surface area contributed by atoms with Crippen LogP contribution in [0.4, 0.5) is 11.4 Å². The molecule has 20 heavy (non-hydrogen) atoms. The maximum absolute atomic E-state index is 11.6. The molecule has 0 fully saturated rings. The SMILES string of the molecule is COC(=O)C(C)Nc1cccc(S(C)(=O)=O)c1[N+](=O)[O-]. The van der Waals surface area contributed by atoms with E-state index in [1.807, 2.05) is 0 Å². The predicted molar refractivity (Wildman–Crippen MR) is 71.3 cm³/mol. The smallest absolute Gasteiger partial charge is 0.327 e. The zero-order valence-electron chi connectivity index (χ0n) is 11.1. The maximum atomic E-state index is 11.6.